The van der Waals surface area contributed by atoms with Crippen LogP contribution in [-0.2, 0) is 16.4 Å². The van der Waals surface area contributed by atoms with E-state index in [-0.39, 0.29) is 5.04 Å². The van der Waals surface area contributed by atoms with Crippen molar-refractivity contribution in [2.45, 2.75) is 63.7 Å². The van der Waals surface area contributed by atoms with Gasteiger partial charge in [0, 0.05) is 12.8 Å². The minimum absolute atomic E-state index is 0.251. The Bertz CT molecular complexity index is 1110. The van der Waals surface area contributed by atoms with Gasteiger partial charge in [0.1, 0.15) is 5.54 Å². The second-order valence-corrected chi connectivity index (χ2v) is 16.0. The summed E-state index contributed by atoms with van der Waals surface area (Å²) in [5.74, 6) is 0. The van der Waals surface area contributed by atoms with E-state index in [4.69, 9.17) is 9.41 Å². The highest BCUT2D eigenvalue weighted by molar-refractivity contribution is 6.74. The third kappa shape index (κ3) is 5.40. The first-order valence-electron chi connectivity index (χ1n) is 13.1. The number of aryl methyl sites for hydroxylation is 1. The summed E-state index contributed by atoms with van der Waals surface area (Å²) in [5, 5.41) is 0.251. The van der Waals surface area contributed by atoms with Gasteiger partial charge in [-0.3, -0.25) is 0 Å². The van der Waals surface area contributed by atoms with E-state index in [0.717, 1.165) is 31.6 Å². The van der Waals surface area contributed by atoms with Crippen molar-refractivity contribution in [1.82, 2.24) is 9.55 Å². The van der Waals surface area contributed by atoms with Gasteiger partial charge in [0.15, 0.2) is 8.32 Å². The Labute approximate surface area is 218 Å². The van der Waals surface area contributed by atoms with Gasteiger partial charge in [-0.25, -0.2) is 4.98 Å². The number of hydrogen-bond donors (Lipinski definition) is 0. The van der Waals surface area contributed by atoms with Gasteiger partial charge in [-0.15, -0.1) is 0 Å². The second kappa shape index (κ2) is 11.0. The Morgan fingerprint density at radius 2 is 1.19 bits per heavy atom. The smallest absolute Gasteiger partial charge is 0.191 e. The monoisotopic (exact) mass is 496 g/mol. The molecule has 0 saturated heterocycles. The zero-order chi connectivity index (χ0) is 25.7. The van der Waals surface area contributed by atoms with E-state index in [1.807, 2.05) is 6.33 Å². The van der Waals surface area contributed by atoms with E-state index >= 15 is 0 Å². The minimum atomic E-state index is -1.69. The maximum atomic E-state index is 6.38. The van der Waals surface area contributed by atoms with Crippen LogP contribution in [0.4, 0.5) is 0 Å². The van der Waals surface area contributed by atoms with E-state index in [1.54, 1.807) is 0 Å². The summed E-state index contributed by atoms with van der Waals surface area (Å²) in [7, 11) is -1.69. The Kier molecular flexibility index (Phi) is 7.96. The van der Waals surface area contributed by atoms with Gasteiger partial charge in [-0.1, -0.05) is 112 Å². The number of unbranched alkanes of at least 4 members (excludes halogenated alkanes) is 1. The van der Waals surface area contributed by atoms with Crippen molar-refractivity contribution in [1.29, 1.82) is 0 Å². The van der Waals surface area contributed by atoms with Gasteiger partial charge in [0.25, 0.3) is 0 Å². The third-order valence-corrected chi connectivity index (χ3v) is 12.2. The van der Waals surface area contributed by atoms with Gasteiger partial charge in [0.05, 0.1) is 12.0 Å². The van der Waals surface area contributed by atoms with Crippen LogP contribution >= 0.6 is 0 Å². The summed E-state index contributed by atoms with van der Waals surface area (Å²) in [6.07, 6.45) is 7.32. The van der Waals surface area contributed by atoms with Gasteiger partial charge in [-0.05, 0) is 54.1 Å². The average Bonchev–Trinajstić information content (AvgIpc) is 3.35. The van der Waals surface area contributed by atoms with Crippen molar-refractivity contribution >= 4 is 8.32 Å². The van der Waals surface area contributed by atoms with Crippen molar-refractivity contribution in [3.05, 3.63) is 126 Å². The Morgan fingerprint density at radius 3 is 1.64 bits per heavy atom. The quantitative estimate of drug-likeness (QED) is 0.126. The van der Waals surface area contributed by atoms with Crippen molar-refractivity contribution < 1.29 is 4.43 Å². The number of benzene rings is 3. The third-order valence-electron chi connectivity index (χ3n) is 7.69. The molecule has 0 N–H and O–H groups in total. The van der Waals surface area contributed by atoms with Crippen LogP contribution in [0.5, 0.6) is 0 Å². The van der Waals surface area contributed by atoms with Gasteiger partial charge >= 0.3 is 0 Å². The molecular weight excluding hydrogens is 456 g/mol. The summed E-state index contributed by atoms with van der Waals surface area (Å²) in [4.78, 5) is 4.88. The Hall–Kier alpha value is -2.95. The lowest BCUT2D eigenvalue weighted by molar-refractivity contribution is 0.279. The molecule has 0 fully saturated rings. The molecule has 4 aromatic rings. The highest BCUT2D eigenvalue weighted by Crippen LogP contribution is 2.41. The van der Waals surface area contributed by atoms with Crippen molar-refractivity contribution in [2.24, 2.45) is 0 Å². The van der Waals surface area contributed by atoms with E-state index in [2.05, 4.69) is 136 Å². The van der Waals surface area contributed by atoms with Crippen molar-refractivity contribution in [2.75, 3.05) is 6.61 Å². The molecular formula is C32H40N2OSi. The number of rotatable bonds is 10. The molecule has 0 saturated carbocycles. The van der Waals surface area contributed by atoms with Crippen molar-refractivity contribution in [3.8, 4) is 0 Å². The highest BCUT2D eigenvalue weighted by Gasteiger charge is 2.38. The van der Waals surface area contributed by atoms with Crippen LogP contribution in [0.1, 0.15) is 56.0 Å². The molecule has 0 amide bonds. The molecule has 0 aliphatic carbocycles. The predicted octanol–water partition coefficient (Wildman–Crippen LogP) is 8.07. The van der Waals surface area contributed by atoms with E-state index in [0.29, 0.717) is 0 Å². The Morgan fingerprint density at radius 1 is 0.722 bits per heavy atom. The van der Waals surface area contributed by atoms with Gasteiger partial charge in [0.2, 0.25) is 0 Å². The maximum Gasteiger partial charge on any atom is 0.191 e. The zero-order valence-electron chi connectivity index (χ0n) is 22.4. The van der Waals surface area contributed by atoms with Crippen LogP contribution in [0, 0.1) is 0 Å². The topological polar surface area (TPSA) is 27.1 Å². The highest BCUT2D eigenvalue weighted by atomic mass is 28.4. The van der Waals surface area contributed by atoms with Crippen LogP contribution in [-0.4, -0.2) is 24.5 Å². The first-order chi connectivity index (χ1) is 17.2. The normalized spacial score (nSPS) is 12.6. The molecule has 188 valence electrons. The van der Waals surface area contributed by atoms with Crippen LogP contribution < -0.4 is 0 Å². The molecule has 0 bridgehead atoms. The van der Waals surface area contributed by atoms with Crippen LogP contribution in [0.15, 0.2) is 104 Å². The second-order valence-electron chi connectivity index (χ2n) is 11.1. The number of imidazole rings is 1. The molecule has 4 heteroatoms. The molecule has 3 aromatic carbocycles. The molecule has 0 radical (unpaired) electrons. The predicted molar refractivity (Wildman–Crippen MR) is 153 cm³/mol. The molecule has 1 aromatic heterocycles. The fourth-order valence-corrected chi connectivity index (χ4v) is 5.70. The summed E-state index contributed by atoms with van der Waals surface area (Å²) < 4.78 is 8.68. The van der Waals surface area contributed by atoms with Crippen LogP contribution in [0.2, 0.25) is 18.1 Å². The van der Waals surface area contributed by atoms with E-state index in [1.165, 1.54) is 16.7 Å². The number of aromatic nitrogens is 2. The molecule has 4 rings (SSSR count). The van der Waals surface area contributed by atoms with Crippen molar-refractivity contribution in [3.63, 3.8) is 0 Å². The van der Waals surface area contributed by atoms with E-state index < -0.39 is 13.9 Å². The molecule has 0 aliphatic rings. The Balaban J connectivity index is 1.62. The van der Waals surface area contributed by atoms with Crippen LogP contribution in [0.3, 0.4) is 0 Å². The SMILES string of the molecule is CC(C)(C)[Si](C)(C)OCCCCc1cn(C(c2ccccc2)(c2ccccc2)c2ccccc2)cn1. The summed E-state index contributed by atoms with van der Waals surface area (Å²) in [5.41, 5.74) is 4.27. The fourth-order valence-electron chi connectivity index (χ4n) is 4.61. The number of hydrogen-bond acceptors (Lipinski definition) is 2. The lowest BCUT2D eigenvalue weighted by Gasteiger charge is -2.37. The molecule has 0 atom stereocenters. The molecule has 0 aliphatic heterocycles. The van der Waals surface area contributed by atoms with Gasteiger partial charge in [-0.2, -0.15) is 0 Å². The molecule has 3 nitrogen and oxygen atoms in total. The molecule has 1 heterocycles. The zero-order valence-corrected chi connectivity index (χ0v) is 23.4. The average molecular weight is 497 g/mol. The molecule has 0 unspecified atom stereocenters. The first kappa shape index (κ1) is 26.1. The van der Waals surface area contributed by atoms with Gasteiger partial charge < -0.3 is 8.99 Å². The maximum absolute atomic E-state index is 6.38. The van der Waals surface area contributed by atoms with E-state index in [9.17, 15) is 0 Å². The summed E-state index contributed by atoms with van der Waals surface area (Å²) in [6.45, 7) is 12.4. The number of nitrogens with zero attached hydrogens (tertiary/aromatic N) is 2. The lowest BCUT2D eigenvalue weighted by Crippen LogP contribution is -2.40. The first-order valence-corrected chi connectivity index (χ1v) is 16.0. The van der Waals surface area contributed by atoms with Crippen LogP contribution in [0.25, 0.3) is 0 Å². The molecule has 36 heavy (non-hydrogen) atoms. The standard InChI is InChI=1S/C32H40N2OSi/c1-31(2,3)36(4,5)35-24-16-15-23-30-25-34(26-33-30)32(27-17-9-6-10-18-27,28-19-11-7-12-20-28)29-21-13-8-14-22-29/h6-14,17-22,25-26H,15-16,23-24H2,1-5H3. The minimum Gasteiger partial charge on any atom is -0.417 e. The lowest BCUT2D eigenvalue weighted by atomic mass is 9.77. The summed E-state index contributed by atoms with van der Waals surface area (Å²) in [6, 6.07) is 32.3. The molecule has 0 spiro atoms. The largest absolute Gasteiger partial charge is 0.417 e. The summed E-state index contributed by atoms with van der Waals surface area (Å²) >= 11 is 0. The fraction of sp³-hybridized carbons (Fsp3) is 0.344.